The van der Waals surface area contributed by atoms with E-state index in [1.807, 2.05) is 10.8 Å². The van der Waals surface area contributed by atoms with Crippen molar-refractivity contribution in [2.45, 2.75) is 19.9 Å². The molecule has 1 aromatic carbocycles. The van der Waals surface area contributed by atoms with E-state index in [0.717, 1.165) is 24.4 Å². The van der Waals surface area contributed by atoms with E-state index in [1.165, 1.54) is 5.56 Å². The van der Waals surface area contributed by atoms with Gasteiger partial charge in [-0.05, 0) is 11.1 Å². The van der Waals surface area contributed by atoms with Crippen molar-refractivity contribution in [3.05, 3.63) is 54.1 Å². The molecule has 2 aromatic rings. The summed E-state index contributed by atoms with van der Waals surface area (Å²) in [4.78, 5) is 4.20. The maximum Gasteiger partial charge on any atom is 0.138 e. The van der Waals surface area contributed by atoms with Crippen molar-refractivity contribution >= 4 is 6.08 Å². The molecule has 0 saturated heterocycles. The second-order valence-corrected chi connectivity index (χ2v) is 3.63. The molecule has 1 aromatic heterocycles. The van der Waals surface area contributed by atoms with Crippen molar-refractivity contribution in [2.75, 3.05) is 0 Å². The SMILES string of the molecule is C=Cc1ccc(Cn2ncnc2CC)cc1. The van der Waals surface area contributed by atoms with Crippen LogP contribution >= 0.6 is 0 Å². The third-order valence-electron chi connectivity index (χ3n) is 2.56. The third kappa shape index (κ3) is 2.19. The normalized spacial score (nSPS) is 10.3. The van der Waals surface area contributed by atoms with Crippen LogP contribution in [0.5, 0.6) is 0 Å². The van der Waals surface area contributed by atoms with Gasteiger partial charge in [0.15, 0.2) is 0 Å². The van der Waals surface area contributed by atoms with E-state index in [-0.39, 0.29) is 0 Å². The quantitative estimate of drug-likeness (QED) is 0.781. The van der Waals surface area contributed by atoms with Crippen molar-refractivity contribution in [1.82, 2.24) is 14.8 Å². The minimum atomic E-state index is 0.778. The van der Waals surface area contributed by atoms with Crippen molar-refractivity contribution < 1.29 is 0 Å². The van der Waals surface area contributed by atoms with E-state index in [9.17, 15) is 0 Å². The number of aryl methyl sites for hydroxylation is 1. The van der Waals surface area contributed by atoms with Crippen LogP contribution in [-0.4, -0.2) is 14.8 Å². The topological polar surface area (TPSA) is 30.7 Å². The maximum atomic E-state index is 4.21. The molecule has 0 aliphatic heterocycles. The molecule has 82 valence electrons. The molecule has 0 fully saturated rings. The molecule has 0 radical (unpaired) electrons. The molecule has 16 heavy (non-hydrogen) atoms. The van der Waals surface area contributed by atoms with Gasteiger partial charge in [0.05, 0.1) is 6.54 Å². The highest BCUT2D eigenvalue weighted by atomic mass is 15.3. The molecule has 1 heterocycles. The molecule has 2 rings (SSSR count). The zero-order valence-electron chi connectivity index (χ0n) is 9.43. The smallest absolute Gasteiger partial charge is 0.138 e. The summed E-state index contributed by atoms with van der Waals surface area (Å²) in [5, 5.41) is 4.21. The third-order valence-corrected chi connectivity index (χ3v) is 2.56. The Kier molecular flexibility index (Phi) is 3.15. The number of benzene rings is 1. The Labute approximate surface area is 95.5 Å². The Morgan fingerprint density at radius 1 is 1.31 bits per heavy atom. The molecule has 0 spiro atoms. The zero-order valence-corrected chi connectivity index (χ0v) is 9.43. The van der Waals surface area contributed by atoms with Gasteiger partial charge in [-0.1, -0.05) is 43.8 Å². The summed E-state index contributed by atoms with van der Waals surface area (Å²) >= 11 is 0. The molecular weight excluding hydrogens is 198 g/mol. The average molecular weight is 213 g/mol. The van der Waals surface area contributed by atoms with Crippen LogP contribution in [0.1, 0.15) is 23.9 Å². The average Bonchev–Trinajstić information content (AvgIpc) is 2.77. The van der Waals surface area contributed by atoms with Crippen LogP contribution in [0, 0.1) is 0 Å². The highest BCUT2D eigenvalue weighted by molar-refractivity contribution is 5.47. The fourth-order valence-electron chi connectivity index (χ4n) is 1.63. The molecule has 0 saturated carbocycles. The molecular formula is C13H15N3. The molecule has 3 nitrogen and oxygen atoms in total. The second kappa shape index (κ2) is 4.75. The number of hydrogen-bond donors (Lipinski definition) is 0. The van der Waals surface area contributed by atoms with E-state index in [1.54, 1.807) is 6.33 Å². The molecule has 0 amide bonds. The van der Waals surface area contributed by atoms with E-state index in [2.05, 4.69) is 47.9 Å². The summed E-state index contributed by atoms with van der Waals surface area (Å²) in [6, 6.07) is 8.31. The van der Waals surface area contributed by atoms with E-state index >= 15 is 0 Å². The zero-order chi connectivity index (χ0) is 11.4. The van der Waals surface area contributed by atoms with Crippen LogP contribution in [0.4, 0.5) is 0 Å². The summed E-state index contributed by atoms with van der Waals surface area (Å²) in [7, 11) is 0. The first-order valence-electron chi connectivity index (χ1n) is 5.41. The van der Waals surface area contributed by atoms with Crippen molar-refractivity contribution in [3.63, 3.8) is 0 Å². The van der Waals surface area contributed by atoms with Gasteiger partial charge in [0.2, 0.25) is 0 Å². The minimum Gasteiger partial charge on any atom is -0.246 e. The first-order valence-corrected chi connectivity index (χ1v) is 5.41. The Balaban J connectivity index is 2.17. The lowest BCUT2D eigenvalue weighted by atomic mass is 10.1. The molecule has 0 bridgehead atoms. The number of rotatable bonds is 4. The molecule has 0 aliphatic carbocycles. The highest BCUT2D eigenvalue weighted by Gasteiger charge is 2.02. The van der Waals surface area contributed by atoms with Crippen molar-refractivity contribution in [1.29, 1.82) is 0 Å². The first-order chi connectivity index (χ1) is 7.83. The summed E-state index contributed by atoms with van der Waals surface area (Å²) in [5.41, 5.74) is 2.36. The fourth-order valence-corrected chi connectivity index (χ4v) is 1.63. The minimum absolute atomic E-state index is 0.778. The van der Waals surface area contributed by atoms with Gasteiger partial charge in [0.25, 0.3) is 0 Å². The molecule has 0 aliphatic rings. The van der Waals surface area contributed by atoms with Crippen LogP contribution < -0.4 is 0 Å². The van der Waals surface area contributed by atoms with E-state index < -0.39 is 0 Å². The summed E-state index contributed by atoms with van der Waals surface area (Å²) in [5.74, 6) is 1.02. The monoisotopic (exact) mass is 213 g/mol. The van der Waals surface area contributed by atoms with Gasteiger partial charge in [-0.15, -0.1) is 0 Å². The molecule has 3 heteroatoms. The van der Waals surface area contributed by atoms with Gasteiger partial charge in [-0.2, -0.15) is 5.10 Å². The standard InChI is InChI=1S/C13H15N3/c1-3-11-5-7-12(8-6-11)9-16-13(4-2)14-10-15-16/h3,5-8,10H,1,4,9H2,2H3. The van der Waals surface area contributed by atoms with Crippen LogP contribution in [-0.2, 0) is 13.0 Å². The molecule has 0 N–H and O–H groups in total. The highest BCUT2D eigenvalue weighted by Crippen LogP contribution is 2.08. The van der Waals surface area contributed by atoms with Gasteiger partial charge in [0, 0.05) is 6.42 Å². The molecule has 0 atom stereocenters. The summed E-state index contributed by atoms with van der Waals surface area (Å²) in [6.45, 7) is 6.60. The summed E-state index contributed by atoms with van der Waals surface area (Å²) in [6.07, 6.45) is 4.36. The van der Waals surface area contributed by atoms with Crippen LogP contribution in [0.3, 0.4) is 0 Å². The van der Waals surface area contributed by atoms with Gasteiger partial charge >= 0.3 is 0 Å². The van der Waals surface area contributed by atoms with Gasteiger partial charge in [-0.3, -0.25) is 0 Å². The number of nitrogens with zero attached hydrogens (tertiary/aromatic N) is 3. The maximum absolute atomic E-state index is 4.21. The van der Waals surface area contributed by atoms with Crippen LogP contribution in [0.25, 0.3) is 6.08 Å². The van der Waals surface area contributed by atoms with E-state index in [4.69, 9.17) is 0 Å². The predicted molar refractivity (Wildman–Crippen MR) is 65.0 cm³/mol. The Bertz CT molecular complexity index is 468. The Morgan fingerprint density at radius 2 is 2.06 bits per heavy atom. The van der Waals surface area contributed by atoms with Gasteiger partial charge in [-0.25, -0.2) is 9.67 Å². The number of hydrogen-bond acceptors (Lipinski definition) is 2. The predicted octanol–water partition coefficient (Wildman–Crippen LogP) is 2.53. The van der Waals surface area contributed by atoms with Crippen molar-refractivity contribution in [2.24, 2.45) is 0 Å². The lowest BCUT2D eigenvalue weighted by Crippen LogP contribution is -2.06. The van der Waals surface area contributed by atoms with Gasteiger partial charge < -0.3 is 0 Å². The van der Waals surface area contributed by atoms with Gasteiger partial charge in [0.1, 0.15) is 12.2 Å². The Morgan fingerprint density at radius 3 is 2.69 bits per heavy atom. The largest absolute Gasteiger partial charge is 0.246 e. The Hall–Kier alpha value is -1.90. The second-order valence-electron chi connectivity index (χ2n) is 3.63. The van der Waals surface area contributed by atoms with E-state index in [0.29, 0.717) is 0 Å². The fraction of sp³-hybridized carbons (Fsp3) is 0.231. The van der Waals surface area contributed by atoms with Crippen molar-refractivity contribution in [3.8, 4) is 0 Å². The molecule has 0 unspecified atom stereocenters. The number of aromatic nitrogens is 3. The van der Waals surface area contributed by atoms with Crippen LogP contribution in [0.2, 0.25) is 0 Å². The lowest BCUT2D eigenvalue weighted by Gasteiger charge is -2.04. The first kappa shape index (κ1) is 10.6. The lowest BCUT2D eigenvalue weighted by molar-refractivity contribution is 0.643. The summed E-state index contributed by atoms with van der Waals surface area (Å²) < 4.78 is 1.93. The van der Waals surface area contributed by atoms with Crippen LogP contribution in [0.15, 0.2) is 37.2 Å².